The number of benzene rings is 2. The van der Waals surface area contributed by atoms with Crippen molar-refractivity contribution in [3.05, 3.63) is 81.2 Å². The monoisotopic (exact) mass is 381 g/mol. The number of nitro groups is 1. The Morgan fingerprint density at radius 1 is 1.07 bits per heavy atom. The molecule has 0 bridgehead atoms. The van der Waals surface area contributed by atoms with Crippen molar-refractivity contribution in [1.29, 1.82) is 0 Å². The molecule has 3 rings (SSSR count). The first-order chi connectivity index (χ1) is 13.4. The molecule has 1 aromatic heterocycles. The third-order valence-electron chi connectivity index (χ3n) is 4.32. The summed E-state index contributed by atoms with van der Waals surface area (Å²) in [6, 6.07) is 13.6. The van der Waals surface area contributed by atoms with Crippen molar-refractivity contribution in [3.63, 3.8) is 0 Å². The Bertz CT molecular complexity index is 1010. The van der Waals surface area contributed by atoms with Crippen LogP contribution in [0, 0.1) is 24.0 Å². The highest BCUT2D eigenvalue weighted by atomic mass is 16.6. The Labute approximate surface area is 161 Å². The predicted octanol–water partition coefficient (Wildman–Crippen LogP) is 3.68. The molecule has 0 saturated heterocycles. The molecule has 0 N–H and O–H groups in total. The summed E-state index contributed by atoms with van der Waals surface area (Å²) >= 11 is 0. The van der Waals surface area contributed by atoms with E-state index in [1.807, 2.05) is 0 Å². The van der Waals surface area contributed by atoms with Gasteiger partial charge in [0, 0.05) is 0 Å². The average Bonchev–Trinajstić information content (AvgIpc) is 2.96. The van der Waals surface area contributed by atoms with Crippen molar-refractivity contribution in [2.24, 2.45) is 0 Å². The van der Waals surface area contributed by atoms with Crippen LogP contribution >= 0.6 is 0 Å². The molecule has 0 spiro atoms. The standard InChI is InChI=1S/C20H19N3O5/c1-13-19(23(25)26)14(2)22(21-13)12-15-4-6-16(7-5-15)20(24)28-18-10-8-17(27-3)9-11-18/h4-11H,12H2,1-3H3. The zero-order valence-electron chi connectivity index (χ0n) is 15.7. The maximum Gasteiger partial charge on any atom is 0.343 e. The number of ether oxygens (including phenoxy) is 2. The Kier molecular flexibility index (Phi) is 5.39. The minimum absolute atomic E-state index is 0.0275. The normalized spacial score (nSPS) is 10.5. The number of hydrogen-bond acceptors (Lipinski definition) is 6. The molecule has 144 valence electrons. The van der Waals surface area contributed by atoms with E-state index in [1.54, 1.807) is 74.2 Å². The van der Waals surface area contributed by atoms with Crippen LogP contribution in [-0.4, -0.2) is 27.8 Å². The minimum Gasteiger partial charge on any atom is -0.497 e. The van der Waals surface area contributed by atoms with E-state index >= 15 is 0 Å². The van der Waals surface area contributed by atoms with Crippen molar-refractivity contribution in [1.82, 2.24) is 9.78 Å². The molecular formula is C20H19N3O5. The predicted molar refractivity (Wildman–Crippen MR) is 102 cm³/mol. The van der Waals surface area contributed by atoms with Crippen LogP contribution in [0.25, 0.3) is 0 Å². The van der Waals surface area contributed by atoms with Gasteiger partial charge in [-0.2, -0.15) is 5.10 Å². The fraction of sp³-hybridized carbons (Fsp3) is 0.200. The van der Waals surface area contributed by atoms with Gasteiger partial charge < -0.3 is 9.47 Å². The van der Waals surface area contributed by atoms with Gasteiger partial charge in [-0.05, 0) is 55.8 Å². The van der Waals surface area contributed by atoms with Crippen molar-refractivity contribution < 1.29 is 19.2 Å². The lowest BCUT2D eigenvalue weighted by Gasteiger charge is -2.07. The van der Waals surface area contributed by atoms with Crippen LogP contribution in [0.15, 0.2) is 48.5 Å². The number of rotatable bonds is 6. The second-order valence-electron chi connectivity index (χ2n) is 6.20. The lowest BCUT2D eigenvalue weighted by atomic mass is 10.1. The second kappa shape index (κ2) is 7.91. The van der Waals surface area contributed by atoms with Gasteiger partial charge in [-0.3, -0.25) is 14.8 Å². The van der Waals surface area contributed by atoms with Gasteiger partial charge in [-0.1, -0.05) is 12.1 Å². The largest absolute Gasteiger partial charge is 0.497 e. The molecule has 1 heterocycles. The van der Waals surface area contributed by atoms with Crippen LogP contribution in [0.2, 0.25) is 0 Å². The molecule has 0 aliphatic carbocycles. The fourth-order valence-electron chi connectivity index (χ4n) is 2.83. The number of aromatic nitrogens is 2. The topological polar surface area (TPSA) is 96.5 Å². The smallest absolute Gasteiger partial charge is 0.343 e. The summed E-state index contributed by atoms with van der Waals surface area (Å²) in [6.07, 6.45) is 0. The summed E-state index contributed by atoms with van der Waals surface area (Å²) in [7, 11) is 1.56. The third-order valence-corrected chi connectivity index (χ3v) is 4.32. The van der Waals surface area contributed by atoms with Gasteiger partial charge in [0.15, 0.2) is 0 Å². The molecule has 0 fully saturated rings. The first kappa shape index (κ1) is 19.1. The third kappa shape index (κ3) is 4.01. The lowest BCUT2D eigenvalue weighted by Crippen LogP contribution is -2.09. The summed E-state index contributed by atoms with van der Waals surface area (Å²) in [4.78, 5) is 23.0. The first-order valence-electron chi connectivity index (χ1n) is 8.52. The van der Waals surface area contributed by atoms with Crippen LogP contribution < -0.4 is 9.47 Å². The van der Waals surface area contributed by atoms with Crippen molar-refractivity contribution in [2.75, 3.05) is 7.11 Å². The zero-order chi connectivity index (χ0) is 20.3. The van der Waals surface area contributed by atoms with E-state index in [9.17, 15) is 14.9 Å². The Balaban J connectivity index is 1.70. The average molecular weight is 381 g/mol. The summed E-state index contributed by atoms with van der Waals surface area (Å²) in [5.74, 6) is 0.622. The molecule has 0 atom stereocenters. The van der Waals surface area contributed by atoms with Crippen LogP contribution in [0.1, 0.15) is 27.3 Å². The summed E-state index contributed by atoms with van der Waals surface area (Å²) in [6.45, 7) is 3.65. The molecule has 28 heavy (non-hydrogen) atoms. The molecule has 0 aliphatic heterocycles. The van der Waals surface area contributed by atoms with E-state index in [1.165, 1.54) is 0 Å². The minimum atomic E-state index is -0.474. The number of nitrogens with zero attached hydrogens (tertiary/aromatic N) is 3. The number of methoxy groups -OCH3 is 1. The highest BCUT2D eigenvalue weighted by Crippen LogP contribution is 2.23. The molecule has 0 unspecified atom stereocenters. The quantitative estimate of drug-likeness (QED) is 0.280. The zero-order valence-corrected chi connectivity index (χ0v) is 15.7. The van der Waals surface area contributed by atoms with E-state index in [2.05, 4.69) is 5.10 Å². The van der Waals surface area contributed by atoms with Crippen LogP contribution in [0.3, 0.4) is 0 Å². The SMILES string of the molecule is COc1ccc(OC(=O)c2ccc(Cn3nc(C)c([N+](=O)[O-])c3C)cc2)cc1. The maximum atomic E-state index is 12.3. The van der Waals surface area contributed by atoms with Crippen LogP contribution in [-0.2, 0) is 6.54 Å². The highest BCUT2D eigenvalue weighted by molar-refractivity contribution is 5.91. The number of hydrogen-bond donors (Lipinski definition) is 0. The van der Waals surface area contributed by atoms with Gasteiger partial charge in [0.25, 0.3) is 0 Å². The molecule has 0 amide bonds. The molecular weight excluding hydrogens is 362 g/mol. The number of carbonyl (C=O) groups excluding carboxylic acids is 1. The summed E-state index contributed by atoms with van der Waals surface area (Å²) < 4.78 is 12.0. The Morgan fingerprint density at radius 2 is 1.68 bits per heavy atom. The molecule has 0 aliphatic rings. The lowest BCUT2D eigenvalue weighted by molar-refractivity contribution is -0.386. The van der Waals surface area contributed by atoms with Crippen molar-refractivity contribution >= 4 is 11.7 Å². The van der Waals surface area contributed by atoms with Gasteiger partial charge in [0.05, 0.1) is 24.1 Å². The Morgan fingerprint density at radius 3 is 2.21 bits per heavy atom. The molecule has 8 nitrogen and oxygen atoms in total. The number of carbonyl (C=O) groups is 1. The number of aryl methyl sites for hydroxylation is 1. The van der Waals surface area contributed by atoms with Gasteiger partial charge in [-0.15, -0.1) is 0 Å². The van der Waals surface area contributed by atoms with Crippen molar-refractivity contribution in [3.8, 4) is 11.5 Å². The van der Waals surface area contributed by atoms with Gasteiger partial charge in [0.1, 0.15) is 22.9 Å². The molecule has 3 aromatic rings. The second-order valence-corrected chi connectivity index (χ2v) is 6.20. The van der Waals surface area contributed by atoms with Crippen LogP contribution in [0.5, 0.6) is 11.5 Å². The first-order valence-corrected chi connectivity index (χ1v) is 8.52. The fourth-order valence-corrected chi connectivity index (χ4v) is 2.83. The van der Waals surface area contributed by atoms with Crippen LogP contribution in [0.4, 0.5) is 5.69 Å². The van der Waals surface area contributed by atoms with Crippen molar-refractivity contribution in [2.45, 2.75) is 20.4 Å². The van der Waals surface area contributed by atoms with E-state index in [0.29, 0.717) is 35.0 Å². The van der Waals surface area contributed by atoms with Gasteiger partial charge in [-0.25, -0.2) is 4.79 Å². The number of esters is 1. The van der Waals surface area contributed by atoms with Gasteiger partial charge >= 0.3 is 11.7 Å². The Hall–Kier alpha value is -3.68. The summed E-state index contributed by atoms with van der Waals surface area (Å²) in [5.41, 5.74) is 2.16. The summed E-state index contributed by atoms with van der Waals surface area (Å²) in [5, 5.41) is 15.3. The van der Waals surface area contributed by atoms with E-state index < -0.39 is 10.9 Å². The highest BCUT2D eigenvalue weighted by Gasteiger charge is 2.21. The van der Waals surface area contributed by atoms with E-state index in [4.69, 9.17) is 9.47 Å². The molecule has 0 saturated carbocycles. The molecule has 2 aromatic carbocycles. The van der Waals surface area contributed by atoms with E-state index in [0.717, 1.165) is 5.56 Å². The van der Waals surface area contributed by atoms with Gasteiger partial charge in [0.2, 0.25) is 0 Å². The van der Waals surface area contributed by atoms with E-state index in [-0.39, 0.29) is 5.69 Å². The molecule has 0 radical (unpaired) electrons. The molecule has 8 heteroatoms. The maximum absolute atomic E-state index is 12.3.